The zero-order chi connectivity index (χ0) is 26.6. The van der Waals surface area contributed by atoms with E-state index in [0.29, 0.717) is 17.1 Å². The van der Waals surface area contributed by atoms with E-state index in [0.717, 1.165) is 10.2 Å². The van der Waals surface area contributed by atoms with Crippen LogP contribution in [-0.4, -0.2) is 30.9 Å². The van der Waals surface area contributed by atoms with Crippen LogP contribution in [0.2, 0.25) is 0 Å². The first kappa shape index (κ1) is 26.4. The normalized spacial score (nSPS) is 15.4. The number of benzene rings is 3. The number of esters is 1. The Kier molecular flexibility index (Phi) is 7.97. The predicted molar refractivity (Wildman–Crippen MR) is 146 cm³/mol. The highest BCUT2D eigenvalue weighted by Gasteiger charge is 2.36. The third-order valence-corrected chi connectivity index (χ3v) is 6.56. The molecule has 1 fully saturated rings. The Bertz CT molecular complexity index is 1270. The molecule has 4 rings (SSSR count). The van der Waals surface area contributed by atoms with Gasteiger partial charge in [-0.3, -0.25) is 14.4 Å². The fraction of sp³-hybridized carbons (Fsp3) is 0.276. The van der Waals surface area contributed by atoms with Crippen molar-refractivity contribution in [2.24, 2.45) is 5.92 Å². The summed E-state index contributed by atoms with van der Waals surface area (Å²) < 4.78 is 12.0. The second kappa shape index (κ2) is 11.2. The molecule has 1 atom stereocenters. The van der Waals surface area contributed by atoms with Gasteiger partial charge in [-0.15, -0.1) is 0 Å². The van der Waals surface area contributed by atoms with Gasteiger partial charge < -0.3 is 19.7 Å². The van der Waals surface area contributed by atoms with E-state index in [1.807, 2.05) is 12.1 Å². The minimum Gasteiger partial charge on any atom is -0.457 e. The molecule has 192 valence electrons. The summed E-state index contributed by atoms with van der Waals surface area (Å²) in [6.45, 7) is 6.26. The quantitative estimate of drug-likeness (QED) is 0.352. The molecule has 1 heterocycles. The van der Waals surface area contributed by atoms with E-state index in [1.54, 1.807) is 53.4 Å². The van der Waals surface area contributed by atoms with Crippen LogP contribution < -0.4 is 15.0 Å². The molecule has 2 amide bonds. The Balaban J connectivity index is 1.29. The van der Waals surface area contributed by atoms with Gasteiger partial charge in [-0.2, -0.15) is 0 Å². The first-order valence-electron chi connectivity index (χ1n) is 12.0. The van der Waals surface area contributed by atoms with E-state index in [2.05, 4.69) is 54.2 Å². The maximum atomic E-state index is 12.6. The first-order chi connectivity index (χ1) is 17.6. The number of rotatable bonds is 7. The molecule has 0 bridgehead atoms. The fourth-order valence-electron chi connectivity index (χ4n) is 3.95. The van der Waals surface area contributed by atoms with E-state index >= 15 is 0 Å². The molecule has 1 aliphatic heterocycles. The van der Waals surface area contributed by atoms with E-state index in [-0.39, 0.29) is 24.3 Å². The Morgan fingerprint density at radius 1 is 0.946 bits per heavy atom. The Morgan fingerprint density at radius 3 is 2.14 bits per heavy atom. The van der Waals surface area contributed by atoms with E-state index in [1.165, 1.54) is 5.56 Å². The molecule has 3 aromatic rings. The number of hydrogen-bond donors (Lipinski definition) is 1. The highest BCUT2D eigenvalue weighted by molar-refractivity contribution is 9.10. The molecule has 8 heteroatoms. The van der Waals surface area contributed by atoms with Gasteiger partial charge in [-0.05, 0) is 71.6 Å². The van der Waals surface area contributed by atoms with Crippen LogP contribution in [0.3, 0.4) is 0 Å². The van der Waals surface area contributed by atoms with Gasteiger partial charge in [-0.25, -0.2) is 0 Å². The molecule has 0 saturated carbocycles. The molecular weight excluding hydrogens is 536 g/mol. The summed E-state index contributed by atoms with van der Waals surface area (Å²) in [7, 11) is 0. The summed E-state index contributed by atoms with van der Waals surface area (Å²) in [5, 5.41) is 2.66. The number of anilines is 2. The fourth-order valence-corrected chi connectivity index (χ4v) is 4.22. The Hall–Kier alpha value is -3.65. The third-order valence-electron chi connectivity index (χ3n) is 6.04. The number of nitrogens with zero attached hydrogens (tertiary/aromatic N) is 1. The van der Waals surface area contributed by atoms with Gasteiger partial charge in [0.2, 0.25) is 5.91 Å². The molecule has 0 spiro atoms. The molecule has 0 aliphatic carbocycles. The average molecular weight is 565 g/mol. The lowest BCUT2D eigenvalue weighted by Gasteiger charge is -2.19. The zero-order valence-electron chi connectivity index (χ0n) is 21.0. The van der Waals surface area contributed by atoms with Gasteiger partial charge in [0.25, 0.3) is 5.91 Å². The molecule has 0 unspecified atom stereocenters. The highest BCUT2D eigenvalue weighted by Crippen LogP contribution is 2.30. The van der Waals surface area contributed by atoms with Crippen molar-refractivity contribution in [2.75, 3.05) is 23.4 Å². The van der Waals surface area contributed by atoms with Gasteiger partial charge in [0.15, 0.2) is 6.61 Å². The molecule has 3 aromatic carbocycles. The van der Waals surface area contributed by atoms with Crippen molar-refractivity contribution in [3.8, 4) is 11.5 Å². The Labute approximate surface area is 224 Å². The lowest BCUT2D eigenvalue weighted by atomic mass is 9.87. The summed E-state index contributed by atoms with van der Waals surface area (Å²) in [5.74, 6) is -0.449. The maximum absolute atomic E-state index is 12.6. The van der Waals surface area contributed by atoms with Gasteiger partial charge in [-0.1, -0.05) is 48.8 Å². The van der Waals surface area contributed by atoms with Crippen LogP contribution in [0.25, 0.3) is 0 Å². The number of amides is 2. The van der Waals surface area contributed by atoms with Crippen molar-refractivity contribution in [2.45, 2.75) is 32.6 Å². The number of nitrogens with one attached hydrogen (secondary N) is 1. The topological polar surface area (TPSA) is 84.9 Å². The van der Waals surface area contributed by atoms with Gasteiger partial charge in [0, 0.05) is 28.8 Å². The van der Waals surface area contributed by atoms with E-state index in [9.17, 15) is 14.4 Å². The summed E-state index contributed by atoms with van der Waals surface area (Å²) in [6.07, 6.45) is 0.0333. The molecule has 7 nitrogen and oxygen atoms in total. The summed E-state index contributed by atoms with van der Waals surface area (Å²) in [4.78, 5) is 38.7. The van der Waals surface area contributed by atoms with Crippen molar-refractivity contribution in [1.82, 2.24) is 0 Å². The summed E-state index contributed by atoms with van der Waals surface area (Å²) in [6, 6.07) is 22.2. The highest BCUT2D eigenvalue weighted by atomic mass is 79.9. The SMILES string of the molecule is CC(C)(C)c1ccc(Oc2ccc(N3C[C@@H](C(=O)OCC(=O)Nc4ccc(Br)cc4)CC3=O)cc2)cc1. The molecule has 0 radical (unpaired) electrons. The molecule has 1 N–H and O–H groups in total. The van der Waals surface area contributed by atoms with Crippen molar-refractivity contribution < 1.29 is 23.9 Å². The van der Waals surface area contributed by atoms with Gasteiger partial charge in [0.1, 0.15) is 11.5 Å². The van der Waals surface area contributed by atoms with Crippen LogP contribution >= 0.6 is 15.9 Å². The van der Waals surface area contributed by atoms with Crippen molar-refractivity contribution in [3.63, 3.8) is 0 Å². The molecule has 1 aliphatic rings. The number of ether oxygens (including phenoxy) is 2. The molecule has 1 saturated heterocycles. The van der Waals surface area contributed by atoms with Crippen molar-refractivity contribution >= 4 is 45.1 Å². The van der Waals surface area contributed by atoms with Gasteiger partial charge in [0.05, 0.1) is 5.92 Å². The second-order valence-corrected chi connectivity index (χ2v) is 10.9. The molecule has 37 heavy (non-hydrogen) atoms. The zero-order valence-corrected chi connectivity index (χ0v) is 22.6. The first-order valence-corrected chi connectivity index (χ1v) is 12.8. The maximum Gasteiger partial charge on any atom is 0.311 e. The third kappa shape index (κ3) is 6.98. The lowest BCUT2D eigenvalue weighted by molar-refractivity contribution is -0.151. The van der Waals surface area contributed by atoms with Crippen LogP contribution in [0.15, 0.2) is 77.3 Å². The lowest BCUT2D eigenvalue weighted by Crippen LogP contribution is -2.28. The Morgan fingerprint density at radius 2 is 1.54 bits per heavy atom. The van der Waals surface area contributed by atoms with Crippen LogP contribution in [0.1, 0.15) is 32.8 Å². The average Bonchev–Trinajstić information content (AvgIpc) is 3.26. The van der Waals surface area contributed by atoms with Crippen LogP contribution in [0.5, 0.6) is 11.5 Å². The predicted octanol–water partition coefficient (Wildman–Crippen LogP) is 6.07. The van der Waals surface area contributed by atoms with Crippen LogP contribution in [0.4, 0.5) is 11.4 Å². The van der Waals surface area contributed by atoms with E-state index < -0.39 is 24.4 Å². The smallest absolute Gasteiger partial charge is 0.311 e. The van der Waals surface area contributed by atoms with E-state index in [4.69, 9.17) is 9.47 Å². The largest absolute Gasteiger partial charge is 0.457 e. The number of carbonyl (C=O) groups is 3. The number of halogens is 1. The number of carbonyl (C=O) groups excluding carboxylic acids is 3. The standard InChI is InChI=1S/C29H29BrN2O5/c1-29(2,3)20-4-12-24(13-5-20)37-25-14-10-23(11-15-25)32-17-19(16-27(32)34)28(35)36-18-26(33)31-22-8-6-21(30)7-9-22/h4-15,19H,16-18H2,1-3H3,(H,31,33)/t19-/m0/s1. The van der Waals surface area contributed by atoms with Crippen LogP contribution in [-0.2, 0) is 24.5 Å². The minimum absolute atomic E-state index is 0.0333. The molecular formula is C29H29BrN2O5. The summed E-state index contributed by atoms with van der Waals surface area (Å²) in [5.41, 5.74) is 2.56. The molecule has 0 aromatic heterocycles. The summed E-state index contributed by atoms with van der Waals surface area (Å²) >= 11 is 3.33. The van der Waals surface area contributed by atoms with Crippen molar-refractivity contribution in [1.29, 1.82) is 0 Å². The van der Waals surface area contributed by atoms with Gasteiger partial charge >= 0.3 is 5.97 Å². The van der Waals surface area contributed by atoms with Crippen molar-refractivity contribution in [3.05, 3.63) is 82.8 Å². The number of hydrogen-bond acceptors (Lipinski definition) is 5. The monoisotopic (exact) mass is 564 g/mol. The minimum atomic E-state index is -0.634. The second-order valence-electron chi connectivity index (χ2n) is 9.94. The van der Waals surface area contributed by atoms with Crippen LogP contribution in [0, 0.1) is 5.92 Å².